The summed E-state index contributed by atoms with van der Waals surface area (Å²) in [5, 5.41) is 12.0. The number of benzene rings is 6. The molecule has 6 aromatic rings. The van der Waals surface area contributed by atoms with E-state index in [1.165, 1.54) is 42.4 Å². The van der Waals surface area contributed by atoms with Crippen LogP contribution in [-0.2, 0) is 0 Å². The van der Waals surface area contributed by atoms with Gasteiger partial charge in [0.1, 0.15) is 0 Å². The SMILES string of the molecule is CC(C)P(c1ccccc1[PH](C)(c1ccccc1)c1ccccc1)c1ccccc1[PH](C)(c1ccccc1)c1ccccc1. The van der Waals surface area contributed by atoms with Crippen LogP contribution >= 0.6 is 22.4 Å². The first kappa shape index (κ1) is 30.6. The summed E-state index contributed by atoms with van der Waals surface area (Å²) >= 11 is 0. The van der Waals surface area contributed by atoms with Gasteiger partial charge in [-0.05, 0) is 0 Å². The molecule has 0 radical (unpaired) electrons. The van der Waals surface area contributed by atoms with Crippen LogP contribution in [-0.4, -0.2) is 19.0 Å². The van der Waals surface area contributed by atoms with Gasteiger partial charge in [-0.1, -0.05) is 0 Å². The van der Waals surface area contributed by atoms with Gasteiger partial charge in [0.25, 0.3) is 0 Å². The molecule has 0 heterocycles. The van der Waals surface area contributed by atoms with Crippen molar-refractivity contribution < 1.29 is 0 Å². The van der Waals surface area contributed by atoms with Crippen LogP contribution in [0.25, 0.3) is 0 Å². The third kappa shape index (κ3) is 5.62. The molecule has 0 fully saturated rings. The third-order valence-corrected chi connectivity index (χ3v) is 21.6. The van der Waals surface area contributed by atoms with E-state index in [0.717, 1.165) is 0 Å². The Kier molecular flexibility index (Phi) is 9.26. The van der Waals surface area contributed by atoms with Crippen molar-refractivity contribution in [1.29, 1.82) is 0 Å². The Bertz CT molecular complexity index is 1590. The molecule has 0 spiro atoms. The van der Waals surface area contributed by atoms with Gasteiger partial charge in [0, 0.05) is 0 Å². The fourth-order valence-electron chi connectivity index (χ4n) is 6.94. The van der Waals surface area contributed by atoms with Crippen molar-refractivity contribution in [3.63, 3.8) is 0 Å². The van der Waals surface area contributed by atoms with Gasteiger partial charge in [0.2, 0.25) is 0 Å². The Balaban J connectivity index is 1.62. The van der Waals surface area contributed by atoms with Crippen molar-refractivity contribution in [2.45, 2.75) is 19.5 Å². The summed E-state index contributed by atoms with van der Waals surface area (Å²) in [4.78, 5) is 0. The molecule has 3 heteroatoms. The minimum absolute atomic E-state index is 0.474. The minimum atomic E-state index is -2.33. The van der Waals surface area contributed by atoms with Crippen LogP contribution in [0, 0.1) is 0 Å². The van der Waals surface area contributed by atoms with Gasteiger partial charge in [-0.15, -0.1) is 0 Å². The summed E-state index contributed by atoms with van der Waals surface area (Å²) in [5.41, 5.74) is 0.474. The molecule has 222 valence electrons. The molecule has 0 amide bonds. The molecule has 6 aromatic carbocycles. The van der Waals surface area contributed by atoms with E-state index in [9.17, 15) is 0 Å². The van der Waals surface area contributed by atoms with Crippen molar-refractivity contribution in [3.05, 3.63) is 170 Å². The van der Waals surface area contributed by atoms with Gasteiger partial charge in [0.05, 0.1) is 0 Å². The van der Waals surface area contributed by atoms with E-state index in [2.05, 4.69) is 197 Å². The molecular formula is C41H43P3. The van der Waals surface area contributed by atoms with Gasteiger partial charge in [-0.2, -0.15) is 0 Å². The molecule has 0 bridgehead atoms. The molecule has 0 aromatic heterocycles. The summed E-state index contributed by atoms with van der Waals surface area (Å²) in [6.45, 7) is 9.99. The van der Waals surface area contributed by atoms with E-state index in [4.69, 9.17) is 0 Å². The van der Waals surface area contributed by atoms with E-state index >= 15 is 0 Å². The summed E-state index contributed by atoms with van der Waals surface area (Å²) in [6.07, 6.45) is 0. The third-order valence-electron chi connectivity index (χ3n) is 9.33. The van der Waals surface area contributed by atoms with Crippen LogP contribution in [0.5, 0.6) is 0 Å². The molecule has 0 aliphatic rings. The van der Waals surface area contributed by atoms with Crippen molar-refractivity contribution >= 4 is 64.9 Å². The second-order valence-electron chi connectivity index (χ2n) is 12.2. The summed E-state index contributed by atoms with van der Waals surface area (Å²) in [7, 11) is -5.33. The predicted octanol–water partition coefficient (Wildman–Crippen LogP) is 6.84. The zero-order valence-corrected chi connectivity index (χ0v) is 29.1. The molecule has 0 aliphatic carbocycles. The maximum absolute atomic E-state index is 2.56. The summed E-state index contributed by atoms with van der Waals surface area (Å²) < 4.78 is 0. The Morgan fingerprint density at radius 1 is 0.364 bits per heavy atom. The van der Waals surface area contributed by atoms with Crippen molar-refractivity contribution in [1.82, 2.24) is 0 Å². The average Bonchev–Trinajstić information content (AvgIpc) is 3.09. The van der Waals surface area contributed by atoms with E-state index < -0.39 is 22.4 Å². The molecule has 0 saturated heterocycles. The summed E-state index contributed by atoms with van der Waals surface area (Å²) in [5.74, 6) is 0. The van der Waals surface area contributed by atoms with Crippen LogP contribution in [0.3, 0.4) is 0 Å². The maximum atomic E-state index is 2.56. The Morgan fingerprint density at radius 3 is 0.886 bits per heavy atom. The van der Waals surface area contributed by atoms with Crippen LogP contribution in [0.1, 0.15) is 13.8 Å². The molecule has 44 heavy (non-hydrogen) atoms. The Hall–Kier alpha value is -3.39. The van der Waals surface area contributed by atoms with E-state index in [-0.39, 0.29) is 0 Å². The molecular weight excluding hydrogens is 585 g/mol. The van der Waals surface area contributed by atoms with Crippen molar-refractivity contribution in [3.8, 4) is 0 Å². The van der Waals surface area contributed by atoms with Crippen LogP contribution in [0.4, 0.5) is 0 Å². The average molecular weight is 629 g/mol. The fourth-order valence-corrected chi connectivity index (χ4v) is 18.9. The van der Waals surface area contributed by atoms with Gasteiger partial charge in [-0.3, -0.25) is 0 Å². The van der Waals surface area contributed by atoms with Gasteiger partial charge >= 0.3 is 268 Å². The van der Waals surface area contributed by atoms with Gasteiger partial charge < -0.3 is 0 Å². The van der Waals surface area contributed by atoms with E-state index in [1.807, 2.05) is 0 Å². The molecule has 0 saturated carbocycles. The van der Waals surface area contributed by atoms with Crippen molar-refractivity contribution in [2.75, 3.05) is 13.3 Å². The molecule has 0 atom stereocenters. The van der Waals surface area contributed by atoms with Crippen molar-refractivity contribution in [2.24, 2.45) is 0 Å². The monoisotopic (exact) mass is 628 g/mol. The zero-order chi connectivity index (χ0) is 30.6. The quantitative estimate of drug-likeness (QED) is 0.154. The zero-order valence-electron chi connectivity index (χ0n) is 26.2. The first-order valence-electron chi connectivity index (χ1n) is 15.7. The number of hydrogen-bond acceptors (Lipinski definition) is 0. The molecule has 6 rings (SSSR count). The second-order valence-corrected chi connectivity index (χ2v) is 22.8. The normalized spacial score (nSPS) is 13.4. The second kappa shape index (κ2) is 13.3. The molecule has 0 aliphatic heterocycles. The standard InChI is InChI=1S/C41H43P3/c1-33(2)42(38-29-17-19-31-40(38)43(3,34-21-9-5-10-22-34)35-23-11-6-12-24-35)39-30-18-20-32-41(39)44(4,36-25-13-7-14-26-36)37-27-15-8-16-28-37/h5-33,43-44H,1-4H3. The fraction of sp³-hybridized carbons (Fsp3) is 0.122. The van der Waals surface area contributed by atoms with Crippen LogP contribution < -0.4 is 42.4 Å². The first-order valence-corrected chi connectivity index (χ1v) is 22.1. The number of hydrogen-bond donors (Lipinski definition) is 0. The van der Waals surface area contributed by atoms with Gasteiger partial charge in [-0.25, -0.2) is 0 Å². The summed E-state index contributed by atoms with van der Waals surface area (Å²) in [6, 6.07) is 64.0. The Morgan fingerprint density at radius 2 is 0.614 bits per heavy atom. The molecule has 0 nitrogen and oxygen atoms in total. The van der Waals surface area contributed by atoms with Crippen LogP contribution in [0.2, 0.25) is 0 Å². The molecule has 0 N–H and O–H groups in total. The Labute approximate surface area is 266 Å². The van der Waals surface area contributed by atoms with E-state index in [0.29, 0.717) is 5.66 Å². The van der Waals surface area contributed by atoms with E-state index in [1.54, 1.807) is 0 Å². The number of rotatable bonds is 9. The molecule has 0 unspecified atom stereocenters. The van der Waals surface area contributed by atoms with Gasteiger partial charge in [0.15, 0.2) is 0 Å². The topological polar surface area (TPSA) is 0 Å². The predicted molar refractivity (Wildman–Crippen MR) is 206 cm³/mol. The van der Waals surface area contributed by atoms with Crippen LogP contribution in [0.15, 0.2) is 170 Å². The first-order chi connectivity index (χ1) is 21.5.